The minimum atomic E-state index is -0.200. The summed E-state index contributed by atoms with van der Waals surface area (Å²) in [5.74, 6) is 0. The third kappa shape index (κ3) is 3.74. The van der Waals surface area contributed by atoms with Crippen molar-refractivity contribution in [2.75, 3.05) is 5.32 Å². The highest BCUT2D eigenvalue weighted by atomic mass is 35.5. The Labute approximate surface area is 101 Å². The van der Waals surface area contributed by atoms with Crippen molar-refractivity contribution in [3.63, 3.8) is 0 Å². The van der Waals surface area contributed by atoms with E-state index in [-0.39, 0.29) is 12.1 Å². The van der Waals surface area contributed by atoms with Crippen molar-refractivity contribution in [2.45, 2.75) is 33.2 Å². The Morgan fingerprint density at radius 2 is 2.19 bits per heavy atom. The highest BCUT2D eigenvalue weighted by Gasteiger charge is 2.05. The molecule has 1 rings (SSSR count). The van der Waals surface area contributed by atoms with Gasteiger partial charge in [0.1, 0.15) is 0 Å². The van der Waals surface area contributed by atoms with E-state index in [1.165, 1.54) is 0 Å². The second-order valence-corrected chi connectivity index (χ2v) is 4.28. The van der Waals surface area contributed by atoms with Crippen molar-refractivity contribution in [3.8, 4) is 0 Å². The number of anilines is 1. The fourth-order valence-electron chi connectivity index (χ4n) is 1.16. The largest absolute Gasteiger partial charge is 0.335 e. The zero-order valence-electron chi connectivity index (χ0n) is 9.80. The van der Waals surface area contributed by atoms with Gasteiger partial charge in [0.15, 0.2) is 0 Å². The number of rotatable bonds is 3. The molecule has 0 fully saturated rings. The van der Waals surface area contributed by atoms with E-state index in [0.717, 1.165) is 12.0 Å². The molecule has 0 aliphatic carbocycles. The fourth-order valence-corrected chi connectivity index (χ4v) is 1.34. The molecule has 2 amide bonds. The molecule has 1 unspecified atom stereocenters. The van der Waals surface area contributed by atoms with Crippen molar-refractivity contribution >= 4 is 23.3 Å². The van der Waals surface area contributed by atoms with Crippen molar-refractivity contribution < 1.29 is 4.79 Å². The van der Waals surface area contributed by atoms with E-state index in [2.05, 4.69) is 10.6 Å². The fraction of sp³-hybridized carbons (Fsp3) is 0.417. The van der Waals surface area contributed by atoms with Crippen LogP contribution in [0.2, 0.25) is 5.02 Å². The highest BCUT2D eigenvalue weighted by Crippen LogP contribution is 2.19. The Morgan fingerprint density at radius 1 is 1.50 bits per heavy atom. The SMILES string of the molecule is CCC(C)NC(=O)Nc1ccc(C)c(Cl)c1. The molecule has 3 nitrogen and oxygen atoms in total. The lowest BCUT2D eigenvalue weighted by molar-refractivity contribution is 0.249. The molecule has 0 heterocycles. The van der Waals surface area contributed by atoms with Crippen LogP contribution in [0.25, 0.3) is 0 Å². The second kappa shape index (κ2) is 5.75. The van der Waals surface area contributed by atoms with Gasteiger partial charge in [-0.25, -0.2) is 4.79 Å². The van der Waals surface area contributed by atoms with Crippen molar-refractivity contribution in [2.24, 2.45) is 0 Å². The molecule has 16 heavy (non-hydrogen) atoms. The zero-order valence-corrected chi connectivity index (χ0v) is 10.6. The van der Waals surface area contributed by atoms with E-state index in [4.69, 9.17) is 11.6 Å². The molecule has 0 radical (unpaired) electrons. The summed E-state index contributed by atoms with van der Waals surface area (Å²) in [6, 6.07) is 5.42. The first kappa shape index (κ1) is 12.8. The van der Waals surface area contributed by atoms with E-state index in [1.807, 2.05) is 32.9 Å². The lowest BCUT2D eigenvalue weighted by atomic mass is 10.2. The molecule has 0 aliphatic rings. The Balaban J connectivity index is 2.59. The number of hydrogen-bond donors (Lipinski definition) is 2. The summed E-state index contributed by atoms with van der Waals surface area (Å²) in [5.41, 5.74) is 1.70. The van der Waals surface area contributed by atoms with Gasteiger partial charge in [0.2, 0.25) is 0 Å². The van der Waals surface area contributed by atoms with Crippen LogP contribution in [-0.2, 0) is 0 Å². The molecular weight excluding hydrogens is 224 g/mol. The van der Waals surface area contributed by atoms with Crippen LogP contribution in [0.1, 0.15) is 25.8 Å². The van der Waals surface area contributed by atoms with Gasteiger partial charge in [-0.3, -0.25) is 0 Å². The number of amides is 2. The smallest absolute Gasteiger partial charge is 0.319 e. The molecular formula is C12H17ClN2O. The number of carbonyl (C=O) groups is 1. The van der Waals surface area contributed by atoms with Crippen LogP contribution >= 0.6 is 11.6 Å². The van der Waals surface area contributed by atoms with Crippen LogP contribution in [0.4, 0.5) is 10.5 Å². The van der Waals surface area contributed by atoms with E-state index in [0.29, 0.717) is 10.7 Å². The average Bonchev–Trinajstić information content (AvgIpc) is 2.23. The summed E-state index contributed by atoms with van der Waals surface area (Å²) < 4.78 is 0. The van der Waals surface area contributed by atoms with E-state index in [1.54, 1.807) is 6.07 Å². The molecule has 2 N–H and O–H groups in total. The predicted octanol–water partition coefficient (Wildman–Crippen LogP) is 3.57. The first-order valence-corrected chi connectivity index (χ1v) is 5.74. The van der Waals surface area contributed by atoms with Gasteiger partial charge in [-0.15, -0.1) is 0 Å². The van der Waals surface area contributed by atoms with E-state index >= 15 is 0 Å². The lowest BCUT2D eigenvalue weighted by Crippen LogP contribution is -2.35. The Bertz CT molecular complexity index is 379. The number of aryl methyl sites for hydroxylation is 1. The lowest BCUT2D eigenvalue weighted by Gasteiger charge is -2.12. The Kier molecular flexibility index (Phi) is 4.62. The summed E-state index contributed by atoms with van der Waals surface area (Å²) in [4.78, 5) is 11.5. The van der Waals surface area contributed by atoms with E-state index < -0.39 is 0 Å². The summed E-state index contributed by atoms with van der Waals surface area (Å²) in [6.07, 6.45) is 0.905. The molecule has 1 atom stereocenters. The van der Waals surface area contributed by atoms with E-state index in [9.17, 15) is 4.79 Å². The highest BCUT2D eigenvalue weighted by molar-refractivity contribution is 6.31. The quantitative estimate of drug-likeness (QED) is 0.833. The van der Waals surface area contributed by atoms with Gasteiger partial charge in [-0.2, -0.15) is 0 Å². The first-order valence-electron chi connectivity index (χ1n) is 5.36. The molecule has 0 bridgehead atoms. The first-order chi connectivity index (χ1) is 7.52. The minimum Gasteiger partial charge on any atom is -0.335 e. The van der Waals surface area contributed by atoms with Crippen LogP contribution in [0.15, 0.2) is 18.2 Å². The molecule has 1 aromatic rings. The van der Waals surface area contributed by atoms with Crippen LogP contribution in [0, 0.1) is 6.92 Å². The van der Waals surface area contributed by atoms with Crippen LogP contribution < -0.4 is 10.6 Å². The zero-order chi connectivity index (χ0) is 12.1. The molecule has 0 saturated carbocycles. The maximum Gasteiger partial charge on any atom is 0.319 e. The third-order valence-electron chi connectivity index (χ3n) is 2.42. The average molecular weight is 241 g/mol. The van der Waals surface area contributed by atoms with Gasteiger partial charge in [0.25, 0.3) is 0 Å². The number of carbonyl (C=O) groups excluding carboxylic acids is 1. The maximum absolute atomic E-state index is 11.5. The molecule has 0 saturated heterocycles. The maximum atomic E-state index is 11.5. The summed E-state index contributed by atoms with van der Waals surface area (Å²) in [5, 5.41) is 6.21. The Hall–Kier alpha value is -1.22. The van der Waals surface area contributed by atoms with Gasteiger partial charge in [0.05, 0.1) is 0 Å². The van der Waals surface area contributed by atoms with Crippen molar-refractivity contribution in [1.29, 1.82) is 0 Å². The molecule has 88 valence electrons. The number of halogens is 1. The normalized spacial score (nSPS) is 12.0. The van der Waals surface area contributed by atoms with Crippen LogP contribution in [0.3, 0.4) is 0 Å². The van der Waals surface area contributed by atoms with Gasteiger partial charge in [0, 0.05) is 16.8 Å². The summed E-state index contributed by atoms with van der Waals surface area (Å²) >= 11 is 5.96. The molecule has 4 heteroatoms. The van der Waals surface area contributed by atoms with Crippen molar-refractivity contribution in [3.05, 3.63) is 28.8 Å². The molecule has 1 aromatic carbocycles. The minimum absolute atomic E-state index is 0.168. The third-order valence-corrected chi connectivity index (χ3v) is 2.83. The second-order valence-electron chi connectivity index (χ2n) is 3.87. The summed E-state index contributed by atoms with van der Waals surface area (Å²) in [7, 11) is 0. The number of hydrogen-bond acceptors (Lipinski definition) is 1. The predicted molar refractivity (Wildman–Crippen MR) is 68.1 cm³/mol. The molecule has 0 aliphatic heterocycles. The van der Waals surface area contributed by atoms with Crippen LogP contribution in [-0.4, -0.2) is 12.1 Å². The van der Waals surface area contributed by atoms with Crippen molar-refractivity contribution in [1.82, 2.24) is 5.32 Å². The van der Waals surface area contributed by atoms with Gasteiger partial charge in [-0.1, -0.05) is 24.6 Å². The van der Waals surface area contributed by atoms with Gasteiger partial charge >= 0.3 is 6.03 Å². The van der Waals surface area contributed by atoms with Gasteiger partial charge in [-0.05, 0) is 38.0 Å². The standard InChI is InChI=1S/C12H17ClN2O/c1-4-9(3)14-12(16)15-10-6-5-8(2)11(13)7-10/h5-7,9H,4H2,1-3H3,(H2,14,15,16). The monoisotopic (exact) mass is 240 g/mol. The molecule has 0 spiro atoms. The van der Waals surface area contributed by atoms with Crippen LogP contribution in [0.5, 0.6) is 0 Å². The summed E-state index contributed by atoms with van der Waals surface area (Å²) in [6.45, 7) is 5.90. The molecule has 0 aromatic heterocycles. The van der Waals surface area contributed by atoms with Gasteiger partial charge < -0.3 is 10.6 Å². The number of benzene rings is 1. The topological polar surface area (TPSA) is 41.1 Å². The number of urea groups is 1. The number of nitrogens with one attached hydrogen (secondary N) is 2. The Morgan fingerprint density at radius 3 is 2.75 bits per heavy atom.